The summed E-state index contributed by atoms with van der Waals surface area (Å²) >= 11 is 0. The topological polar surface area (TPSA) is 91.3 Å². The molecule has 0 aliphatic heterocycles. The smallest absolute Gasteiger partial charge is 0.550 e. The molecule has 0 bridgehead atoms. The summed E-state index contributed by atoms with van der Waals surface area (Å²) in [6, 6.07) is 10.5. The second kappa shape index (κ2) is 8.28. The van der Waals surface area contributed by atoms with Gasteiger partial charge in [0.15, 0.2) is 0 Å². The number of carbonyl (C=O) groups excluding carboxylic acids is 2. The summed E-state index contributed by atoms with van der Waals surface area (Å²) in [5, 5.41) is 13.4. The zero-order valence-electron chi connectivity index (χ0n) is 13.3. The summed E-state index contributed by atoms with van der Waals surface area (Å²) in [4.78, 5) is 26.6. The van der Waals surface area contributed by atoms with Crippen molar-refractivity contribution < 1.29 is 49.0 Å². The number of pyridine rings is 1. The first-order chi connectivity index (χ1) is 11.1. The van der Waals surface area contributed by atoms with E-state index in [0.29, 0.717) is 30.0 Å². The Balaban J connectivity index is 0.00000208. The summed E-state index contributed by atoms with van der Waals surface area (Å²) in [6.07, 6.45) is 3.93. The Bertz CT molecular complexity index is 718. The third kappa shape index (κ3) is 4.56. The molecule has 1 aliphatic rings. The number of ether oxygens (including phenoxy) is 1. The van der Waals surface area contributed by atoms with Crippen LogP contribution in [0.1, 0.15) is 12.8 Å². The van der Waals surface area contributed by atoms with E-state index in [4.69, 9.17) is 4.74 Å². The molecule has 1 aromatic carbocycles. The normalized spacial score (nSPS) is 18.7. The number of carboxylic acid groups (broad SMARTS) is 1. The minimum atomic E-state index is -1.08. The molecule has 1 aromatic heterocycles. The fourth-order valence-corrected chi connectivity index (χ4v) is 2.45. The van der Waals surface area contributed by atoms with E-state index >= 15 is 0 Å². The first kappa shape index (κ1) is 18.4. The van der Waals surface area contributed by atoms with Crippen LogP contribution in [0.2, 0.25) is 0 Å². The average molecular weight is 334 g/mol. The largest absolute Gasteiger partial charge is 1.00 e. The summed E-state index contributed by atoms with van der Waals surface area (Å²) in [5.41, 5.74) is 0.610. The summed E-state index contributed by atoms with van der Waals surface area (Å²) in [7, 11) is 0. The molecular formula is C17H15N2NaO4. The molecular weight excluding hydrogens is 319 g/mol. The van der Waals surface area contributed by atoms with Gasteiger partial charge in [-0.3, -0.25) is 9.78 Å². The Morgan fingerprint density at radius 1 is 1.08 bits per heavy atom. The first-order valence-electron chi connectivity index (χ1n) is 7.31. The van der Waals surface area contributed by atoms with E-state index in [2.05, 4.69) is 10.3 Å². The average Bonchev–Trinajstić information content (AvgIpc) is 2.46. The minimum absolute atomic E-state index is 0. The van der Waals surface area contributed by atoms with Gasteiger partial charge in [-0.2, -0.15) is 0 Å². The molecule has 1 N–H and O–H groups in total. The fourth-order valence-electron chi connectivity index (χ4n) is 2.45. The molecule has 0 saturated heterocycles. The van der Waals surface area contributed by atoms with Crippen molar-refractivity contribution in [3.63, 3.8) is 0 Å². The molecule has 0 atom stereocenters. The summed E-state index contributed by atoms with van der Waals surface area (Å²) < 4.78 is 5.67. The van der Waals surface area contributed by atoms with Gasteiger partial charge in [0.2, 0.25) is 5.91 Å². The molecule has 2 aromatic rings. The number of benzene rings is 1. The molecule has 118 valence electrons. The van der Waals surface area contributed by atoms with E-state index in [1.54, 1.807) is 48.8 Å². The second-order valence-corrected chi connectivity index (χ2v) is 5.49. The van der Waals surface area contributed by atoms with Crippen molar-refractivity contribution in [2.24, 2.45) is 11.8 Å². The van der Waals surface area contributed by atoms with Gasteiger partial charge in [0.05, 0.1) is 0 Å². The van der Waals surface area contributed by atoms with Crippen molar-refractivity contribution in [3.8, 4) is 11.5 Å². The van der Waals surface area contributed by atoms with Crippen LogP contribution in [-0.2, 0) is 9.59 Å². The number of carbonyl (C=O) groups is 2. The number of hydrogen-bond donors (Lipinski definition) is 1. The van der Waals surface area contributed by atoms with Crippen LogP contribution < -0.4 is 44.7 Å². The molecule has 3 rings (SSSR count). The third-order valence-corrected chi connectivity index (χ3v) is 3.83. The van der Waals surface area contributed by atoms with E-state index in [-0.39, 0.29) is 41.4 Å². The van der Waals surface area contributed by atoms with Gasteiger partial charge in [-0.25, -0.2) is 0 Å². The van der Waals surface area contributed by atoms with Crippen molar-refractivity contribution in [2.45, 2.75) is 12.8 Å². The molecule has 0 spiro atoms. The Hall–Kier alpha value is -1.89. The summed E-state index contributed by atoms with van der Waals surface area (Å²) in [6.45, 7) is 0. The molecule has 6 nitrogen and oxygen atoms in total. The van der Waals surface area contributed by atoms with Crippen LogP contribution in [0, 0.1) is 11.8 Å². The number of aromatic nitrogens is 1. The fraction of sp³-hybridized carbons (Fsp3) is 0.235. The first-order valence-corrected chi connectivity index (χ1v) is 7.31. The maximum absolute atomic E-state index is 12.1. The Kier molecular flexibility index (Phi) is 6.36. The number of carboxylic acids is 1. The zero-order valence-corrected chi connectivity index (χ0v) is 15.3. The summed E-state index contributed by atoms with van der Waals surface area (Å²) in [5.74, 6) is -0.797. The quantitative estimate of drug-likeness (QED) is 0.679. The molecule has 1 fully saturated rings. The molecule has 0 radical (unpaired) electrons. The molecule has 24 heavy (non-hydrogen) atoms. The standard InChI is InChI=1S/C17H16N2O4.Na/c20-16(11-8-12(9-11)17(21)22)19-13-2-1-3-15(10-13)23-14-4-6-18-7-5-14;/h1-7,10-12H,8-9H2,(H,19,20)(H,21,22);/q;+1/p-1. The van der Waals surface area contributed by atoms with E-state index in [1.165, 1.54) is 0 Å². The second-order valence-electron chi connectivity index (χ2n) is 5.49. The van der Waals surface area contributed by atoms with Gasteiger partial charge in [0.25, 0.3) is 0 Å². The van der Waals surface area contributed by atoms with Crippen LogP contribution >= 0.6 is 0 Å². The maximum Gasteiger partial charge on any atom is 1.00 e. The van der Waals surface area contributed by atoms with E-state index in [9.17, 15) is 14.7 Å². The monoisotopic (exact) mass is 334 g/mol. The third-order valence-electron chi connectivity index (χ3n) is 3.83. The van der Waals surface area contributed by atoms with Gasteiger partial charge >= 0.3 is 29.6 Å². The molecule has 1 saturated carbocycles. The Labute approximate surface area is 161 Å². The molecule has 1 heterocycles. The minimum Gasteiger partial charge on any atom is -0.550 e. The number of nitrogens with one attached hydrogen (secondary N) is 1. The van der Waals surface area contributed by atoms with Crippen molar-refractivity contribution in [3.05, 3.63) is 48.8 Å². The molecule has 1 aliphatic carbocycles. The number of aliphatic carboxylic acids is 1. The van der Waals surface area contributed by atoms with Crippen molar-refractivity contribution in [1.29, 1.82) is 0 Å². The van der Waals surface area contributed by atoms with Gasteiger partial charge in [-0.1, -0.05) is 6.07 Å². The molecule has 1 amide bonds. The van der Waals surface area contributed by atoms with Gasteiger partial charge in [0, 0.05) is 42.0 Å². The zero-order chi connectivity index (χ0) is 16.2. The van der Waals surface area contributed by atoms with Crippen LogP contribution in [0.15, 0.2) is 48.8 Å². The van der Waals surface area contributed by atoms with Crippen LogP contribution in [0.5, 0.6) is 11.5 Å². The number of nitrogens with zero attached hydrogens (tertiary/aromatic N) is 1. The number of anilines is 1. The molecule has 0 unspecified atom stereocenters. The SMILES string of the molecule is O=C([O-])C1CC(C(=O)Nc2cccc(Oc3ccncc3)c2)C1.[Na+]. The van der Waals surface area contributed by atoms with Crippen LogP contribution in [0.25, 0.3) is 0 Å². The van der Waals surface area contributed by atoms with Gasteiger partial charge in [-0.15, -0.1) is 0 Å². The van der Waals surface area contributed by atoms with Crippen LogP contribution in [0.3, 0.4) is 0 Å². The maximum atomic E-state index is 12.1. The van der Waals surface area contributed by atoms with Gasteiger partial charge in [-0.05, 0) is 37.1 Å². The van der Waals surface area contributed by atoms with Gasteiger partial charge < -0.3 is 20.0 Å². The number of rotatable bonds is 5. The predicted octanol–water partition coefficient (Wildman–Crippen LogP) is -1.41. The Morgan fingerprint density at radius 3 is 2.46 bits per heavy atom. The number of hydrogen-bond acceptors (Lipinski definition) is 5. The van der Waals surface area contributed by atoms with Gasteiger partial charge in [0.1, 0.15) is 11.5 Å². The van der Waals surface area contributed by atoms with Crippen LogP contribution in [0.4, 0.5) is 5.69 Å². The van der Waals surface area contributed by atoms with E-state index < -0.39 is 11.9 Å². The van der Waals surface area contributed by atoms with Crippen molar-refractivity contribution in [2.75, 3.05) is 5.32 Å². The molecule has 7 heteroatoms. The van der Waals surface area contributed by atoms with Crippen molar-refractivity contribution >= 4 is 17.6 Å². The van der Waals surface area contributed by atoms with E-state index in [0.717, 1.165) is 0 Å². The predicted molar refractivity (Wildman–Crippen MR) is 80.6 cm³/mol. The van der Waals surface area contributed by atoms with E-state index in [1.807, 2.05) is 0 Å². The Morgan fingerprint density at radius 2 is 1.79 bits per heavy atom. The van der Waals surface area contributed by atoms with Crippen LogP contribution in [-0.4, -0.2) is 16.9 Å². The van der Waals surface area contributed by atoms with Crippen molar-refractivity contribution in [1.82, 2.24) is 4.98 Å². The number of amides is 1.